The molecule has 2 aliphatic heterocycles. The van der Waals surface area contributed by atoms with E-state index in [4.69, 9.17) is 14.3 Å². The number of imide groups is 1. The Labute approximate surface area is 202 Å². The third-order valence-electron chi connectivity index (χ3n) is 8.36. The van der Waals surface area contributed by atoms with E-state index in [1.807, 2.05) is 60.7 Å². The first-order valence-corrected chi connectivity index (χ1v) is 11.9. The van der Waals surface area contributed by atoms with Gasteiger partial charge in [0.2, 0.25) is 11.8 Å². The summed E-state index contributed by atoms with van der Waals surface area (Å²) in [7, 11) is 3.20. The van der Waals surface area contributed by atoms with Gasteiger partial charge in [-0.15, -0.1) is 0 Å². The van der Waals surface area contributed by atoms with Crippen LogP contribution in [0.3, 0.4) is 0 Å². The summed E-state index contributed by atoms with van der Waals surface area (Å²) in [6.07, 6.45) is 0.623. The van der Waals surface area contributed by atoms with Crippen LogP contribution in [0.15, 0.2) is 65.8 Å². The number of rotatable bonds is 4. The Morgan fingerprint density at radius 3 is 2.34 bits per heavy atom. The highest BCUT2D eigenvalue weighted by Gasteiger charge is 2.70. The van der Waals surface area contributed by atoms with Gasteiger partial charge in [-0.05, 0) is 53.4 Å². The van der Waals surface area contributed by atoms with Crippen molar-refractivity contribution in [2.75, 3.05) is 19.1 Å². The fourth-order valence-corrected chi connectivity index (χ4v) is 6.93. The summed E-state index contributed by atoms with van der Waals surface area (Å²) in [6.45, 7) is 0. The Morgan fingerprint density at radius 2 is 1.57 bits per heavy atom. The highest BCUT2D eigenvalue weighted by molar-refractivity contribution is 6.23. The number of ether oxygens (including phenoxy) is 2. The molecular weight excluding hydrogens is 444 g/mol. The Kier molecular flexibility index (Phi) is 4.28. The molecule has 7 rings (SSSR count). The van der Waals surface area contributed by atoms with Gasteiger partial charge in [-0.2, -0.15) is 0 Å². The number of methoxy groups -OCH3 is 2. The highest BCUT2D eigenvalue weighted by atomic mass is 16.6. The third kappa shape index (κ3) is 2.69. The summed E-state index contributed by atoms with van der Waals surface area (Å²) >= 11 is 0. The number of nitrogens with zero attached hydrogens (tertiary/aromatic N) is 2. The highest BCUT2D eigenvalue weighted by Crippen LogP contribution is 2.62. The standard InChI is InChI=1S/C28H24N2O5/c1-33-20-10-8-16(12-21(20)34-2)25-24-18-13-19(26(24)35-29-25)23-22(18)27(31)30(28(23)32)17-9-7-14-5-3-4-6-15(14)11-17/h3-12,18-19,22-24,26H,13H2,1-2H3/t18-,19+,22+,23+,24-,26-/m1/s1. The average Bonchev–Trinajstić information content (AvgIpc) is 3.63. The van der Waals surface area contributed by atoms with Crippen molar-refractivity contribution in [1.29, 1.82) is 0 Å². The van der Waals surface area contributed by atoms with E-state index < -0.39 is 0 Å². The van der Waals surface area contributed by atoms with Crippen molar-refractivity contribution in [2.45, 2.75) is 12.5 Å². The number of anilines is 1. The predicted molar refractivity (Wildman–Crippen MR) is 129 cm³/mol. The zero-order chi connectivity index (χ0) is 23.8. The summed E-state index contributed by atoms with van der Waals surface area (Å²) in [5.41, 5.74) is 2.36. The molecule has 35 heavy (non-hydrogen) atoms. The average molecular weight is 469 g/mol. The molecule has 7 nitrogen and oxygen atoms in total. The van der Waals surface area contributed by atoms with Crippen LogP contribution >= 0.6 is 0 Å². The second kappa shape index (κ2) is 7.31. The molecule has 176 valence electrons. The van der Waals surface area contributed by atoms with E-state index in [9.17, 15) is 9.59 Å². The van der Waals surface area contributed by atoms with Crippen molar-refractivity contribution in [3.63, 3.8) is 0 Å². The normalized spacial score (nSPS) is 30.3. The molecule has 0 N–H and O–H groups in total. The minimum atomic E-state index is -0.347. The summed E-state index contributed by atoms with van der Waals surface area (Å²) in [6, 6.07) is 19.4. The van der Waals surface area contributed by atoms with Gasteiger partial charge in [0.15, 0.2) is 11.5 Å². The maximum Gasteiger partial charge on any atom is 0.238 e. The quantitative estimate of drug-likeness (QED) is 0.541. The molecule has 0 radical (unpaired) electrons. The molecule has 7 heteroatoms. The van der Waals surface area contributed by atoms with Gasteiger partial charge in [-0.25, -0.2) is 0 Å². The number of carbonyl (C=O) groups is 2. The Hall–Kier alpha value is -3.87. The zero-order valence-electron chi connectivity index (χ0n) is 19.4. The van der Waals surface area contributed by atoms with Crippen molar-refractivity contribution in [3.05, 3.63) is 66.2 Å². The molecule has 2 aliphatic carbocycles. The molecule has 3 aromatic carbocycles. The van der Waals surface area contributed by atoms with Crippen LogP contribution in [-0.2, 0) is 14.4 Å². The van der Waals surface area contributed by atoms with Crippen molar-refractivity contribution >= 4 is 34.0 Å². The van der Waals surface area contributed by atoms with E-state index in [2.05, 4.69) is 5.16 Å². The molecule has 0 unspecified atom stereocenters. The smallest absolute Gasteiger partial charge is 0.238 e. The van der Waals surface area contributed by atoms with E-state index in [-0.39, 0.29) is 47.5 Å². The monoisotopic (exact) mass is 468 g/mol. The van der Waals surface area contributed by atoms with Crippen molar-refractivity contribution in [1.82, 2.24) is 0 Å². The van der Waals surface area contributed by atoms with Crippen LogP contribution in [0.25, 0.3) is 10.8 Å². The van der Waals surface area contributed by atoms with Crippen molar-refractivity contribution in [2.24, 2.45) is 34.7 Å². The van der Waals surface area contributed by atoms with Gasteiger partial charge in [-0.1, -0.05) is 35.5 Å². The predicted octanol–water partition coefficient (Wildman–Crippen LogP) is 4.03. The van der Waals surface area contributed by atoms with E-state index in [0.717, 1.165) is 28.5 Å². The molecular formula is C28H24N2O5. The molecule has 2 bridgehead atoms. The molecule has 3 fully saturated rings. The Morgan fingerprint density at radius 1 is 0.829 bits per heavy atom. The second-order valence-corrected chi connectivity index (χ2v) is 9.80. The van der Waals surface area contributed by atoms with Gasteiger partial charge < -0.3 is 14.3 Å². The SMILES string of the molecule is COc1ccc(C2=NO[C@@H]3[C@H]4C[C@@H]([C@H]23)[C@@H]2C(=O)N(c3ccc5ccccc5c3)C(=O)[C@@H]42)cc1OC. The summed E-state index contributed by atoms with van der Waals surface area (Å²) in [5.74, 6) is 0.350. The summed E-state index contributed by atoms with van der Waals surface area (Å²) < 4.78 is 10.8. The van der Waals surface area contributed by atoms with Crippen molar-refractivity contribution in [3.8, 4) is 11.5 Å². The number of amides is 2. The number of fused-ring (bicyclic) bond motifs is 9. The fraction of sp³-hybridized carbons (Fsp3) is 0.321. The van der Waals surface area contributed by atoms with E-state index in [0.29, 0.717) is 17.2 Å². The second-order valence-electron chi connectivity index (χ2n) is 9.80. The number of hydrogen-bond donors (Lipinski definition) is 0. The molecule has 6 atom stereocenters. The topological polar surface area (TPSA) is 77.4 Å². The van der Waals surface area contributed by atoms with Crippen LogP contribution < -0.4 is 14.4 Å². The lowest BCUT2D eigenvalue weighted by atomic mass is 9.71. The maximum atomic E-state index is 13.7. The largest absolute Gasteiger partial charge is 0.493 e. The summed E-state index contributed by atoms with van der Waals surface area (Å²) in [4.78, 5) is 34.7. The van der Waals surface area contributed by atoms with Gasteiger partial charge in [0.05, 0.1) is 37.5 Å². The van der Waals surface area contributed by atoms with Crippen LogP contribution in [0.1, 0.15) is 12.0 Å². The third-order valence-corrected chi connectivity index (χ3v) is 8.36. The first kappa shape index (κ1) is 20.5. The lowest BCUT2D eigenvalue weighted by Crippen LogP contribution is -2.41. The maximum absolute atomic E-state index is 13.7. The van der Waals surface area contributed by atoms with Crippen molar-refractivity contribution < 1.29 is 23.9 Å². The molecule has 4 aliphatic rings. The van der Waals surface area contributed by atoms with Gasteiger partial charge in [0.1, 0.15) is 6.10 Å². The minimum absolute atomic E-state index is 0.0155. The fourth-order valence-electron chi connectivity index (χ4n) is 6.93. The lowest BCUT2D eigenvalue weighted by Gasteiger charge is -2.29. The molecule has 2 saturated carbocycles. The van der Waals surface area contributed by atoms with Crippen LogP contribution in [0.5, 0.6) is 11.5 Å². The van der Waals surface area contributed by atoms with Gasteiger partial charge in [0, 0.05) is 17.4 Å². The van der Waals surface area contributed by atoms with Crippen LogP contribution in [0, 0.1) is 29.6 Å². The Bertz CT molecular complexity index is 1430. The molecule has 1 saturated heterocycles. The Balaban J connectivity index is 1.23. The van der Waals surface area contributed by atoms with Gasteiger partial charge >= 0.3 is 0 Å². The number of carbonyl (C=O) groups excluding carboxylic acids is 2. The molecule has 2 amide bonds. The molecule has 3 aromatic rings. The minimum Gasteiger partial charge on any atom is -0.493 e. The lowest BCUT2D eigenvalue weighted by molar-refractivity contribution is -0.125. The van der Waals surface area contributed by atoms with Crippen LogP contribution in [0.2, 0.25) is 0 Å². The van der Waals surface area contributed by atoms with E-state index >= 15 is 0 Å². The van der Waals surface area contributed by atoms with Crippen LogP contribution in [-0.4, -0.2) is 37.8 Å². The number of benzene rings is 3. The number of oxime groups is 1. The first-order valence-electron chi connectivity index (χ1n) is 11.9. The van der Waals surface area contributed by atoms with Gasteiger partial charge in [-0.3, -0.25) is 14.5 Å². The zero-order valence-corrected chi connectivity index (χ0v) is 19.4. The van der Waals surface area contributed by atoms with Crippen LogP contribution in [0.4, 0.5) is 5.69 Å². The number of hydrogen-bond acceptors (Lipinski definition) is 6. The first-order chi connectivity index (χ1) is 17.1. The molecule has 2 heterocycles. The van der Waals surface area contributed by atoms with E-state index in [1.54, 1.807) is 14.2 Å². The molecule has 0 spiro atoms. The summed E-state index contributed by atoms with van der Waals surface area (Å²) in [5, 5.41) is 6.52. The molecule has 0 aromatic heterocycles. The van der Waals surface area contributed by atoms with Gasteiger partial charge in [0.25, 0.3) is 0 Å². The van der Waals surface area contributed by atoms with E-state index in [1.165, 1.54) is 4.90 Å².